The highest BCUT2D eigenvalue weighted by Gasteiger charge is 2.22. The molecule has 5 heteroatoms. The van der Waals surface area contributed by atoms with Gasteiger partial charge in [0.05, 0.1) is 24.7 Å². The number of aliphatic hydroxyl groups is 1. The van der Waals surface area contributed by atoms with Gasteiger partial charge in [-0.1, -0.05) is 19.8 Å². The lowest BCUT2D eigenvalue weighted by Gasteiger charge is -2.27. The van der Waals surface area contributed by atoms with Crippen LogP contribution < -0.4 is 5.32 Å². The number of hydrogen-bond acceptors (Lipinski definition) is 5. The van der Waals surface area contributed by atoms with Crippen LogP contribution in [0.3, 0.4) is 0 Å². The van der Waals surface area contributed by atoms with Crippen molar-refractivity contribution in [2.75, 3.05) is 25.0 Å². The summed E-state index contributed by atoms with van der Waals surface area (Å²) in [7, 11) is 0. The zero-order valence-corrected chi connectivity index (χ0v) is 12.4. The molecule has 0 amide bonds. The predicted octanol–water partition coefficient (Wildman–Crippen LogP) is 2.04. The number of aromatic nitrogens is 2. The van der Waals surface area contributed by atoms with Crippen LogP contribution in [0.5, 0.6) is 0 Å². The second-order valence-electron chi connectivity index (χ2n) is 5.45. The maximum atomic E-state index is 9.23. The van der Waals surface area contributed by atoms with E-state index in [4.69, 9.17) is 0 Å². The molecule has 20 heavy (non-hydrogen) atoms. The van der Waals surface area contributed by atoms with Crippen LogP contribution in [0, 0.1) is 0 Å². The van der Waals surface area contributed by atoms with Gasteiger partial charge in [0.15, 0.2) is 0 Å². The fourth-order valence-electron chi connectivity index (χ4n) is 2.78. The molecule has 0 bridgehead atoms. The molecular formula is C15H26N4O. The fraction of sp³-hybridized carbons (Fsp3) is 0.733. The van der Waals surface area contributed by atoms with Crippen LogP contribution in [0.4, 0.5) is 5.82 Å². The Labute approximate surface area is 121 Å². The van der Waals surface area contributed by atoms with E-state index < -0.39 is 0 Å². The van der Waals surface area contributed by atoms with E-state index in [1.807, 2.05) is 6.20 Å². The molecule has 1 saturated carbocycles. The van der Waals surface area contributed by atoms with Gasteiger partial charge in [0.25, 0.3) is 0 Å². The Bertz CT molecular complexity index is 376. The largest absolute Gasteiger partial charge is 0.395 e. The first-order valence-corrected chi connectivity index (χ1v) is 7.73. The van der Waals surface area contributed by atoms with E-state index in [1.54, 1.807) is 6.20 Å². The van der Waals surface area contributed by atoms with E-state index >= 15 is 0 Å². The average molecular weight is 278 g/mol. The molecule has 2 N–H and O–H groups in total. The number of nitrogens with zero attached hydrogens (tertiary/aromatic N) is 3. The Morgan fingerprint density at radius 2 is 2.10 bits per heavy atom. The number of hydrogen-bond donors (Lipinski definition) is 2. The lowest BCUT2D eigenvalue weighted by atomic mass is 10.2. The van der Waals surface area contributed by atoms with Gasteiger partial charge in [0.1, 0.15) is 5.82 Å². The molecule has 2 rings (SSSR count). The van der Waals surface area contributed by atoms with Crippen LogP contribution in [0.25, 0.3) is 0 Å². The Balaban J connectivity index is 1.91. The molecule has 1 heterocycles. The quantitative estimate of drug-likeness (QED) is 0.762. The summed E-state index contributed by atoms with van der Waals surface area (Å²) in [6.07, 6.45) is 9.81. The van der Waals surface area contributed by atoms with Crippen LogP contribution in [-0.4, -0.2) is 45.7 Å². The van der Waals surface area contributed by atoms with Gasteiger partial charge in [-0.05, 0) is 19.3 Å². The van der Waals surface area contributed by atoms with E-state index in [0.29, 0.717) is 6.04 Å². The van der Waals surface area contributed by atoms with E-state index in [-0.39, 0.29) is 6.61 Å². The Kier molecular flexibility index (Phi) is 6.21. The summed E-state index contributed by atoms with van der Waals surface area (Å²) in [5.74, 6) is 0.838. The number of rotatable bonds is 8. The third-order valence-corrected chi connectivity index (χ3v) is 3.85. The molecule has 1 aromatic rings. The van der Waals surface area contributed by atoms with Gasteiger partial charge >= 0.3 is 0 Å². The van der Waals surface area contributed by atoms with Gasteiger partial charge in [-0.15, -0.1) is 0 Å². The van der Waals surface area contributed by atoms with E-state index in [0.717, 1.165) is 37.6 Å². The smallest absolute Gasteiger partial charge is 0.144 e. The average Bonchev–Trinajstić information content (AvgIpc) is 3.00. The molecule has 0 saturated heterocycles. The van der Waals surface area contributed by atoms with Crippen LogP contribution in [0.2, 0.25) is 0 Å². The second kappa shape index (κ2) is 8.17. The summed E-state index contributed by atoms with van der Waals surface area (Å²) in [5, 5.41) is 12.5. The van der Waals surface area contributed by atoms with Gasteiger partial charge in [-0.2, -0.15) is 0 Å². The summed E-state index contributed by atoms with van der Waals surface area (Å²) in [6, 6.07) is 0.599. The molecule has 0 aromatic carbocycles. The van der Waals surface area contributed by atoms with Crippen LogP contribution >= 0.6 is 0 Å². The molecular weight excluding hydrogens is 252 g/mol. The van der Waals surface area contributed by atoms with E-state index in [1.165, 1.54) is 25.7 Å². The van der Waals surface area contributed by atoms with Gasteiger partial charge in [0.2, 0.25) is 0 Å². The number of aliphatic hydroxyl groups excluding tert-OH is 1. The van der Waals surface area contributed by atoms with Crippen molar-refractivity contribution in [1.29, 1.82) is 0 Å². The Morgan fingerprint density at radius 3 is 2.70 bits per heavy atom. The first kappa shape index (κ1) is 15.2. The minimum absolute atomic E-state index is 0.208. The highest BCUT2D eigenvalue weighted by Crippen LogP contribution is 2.24. The van der Waals surface area contributed by atoms with Crippen molar-refractivity contribution in [3.8, 4) is 0 Å². The molecule has 1 aromatic heterocycles. The number of anilines is 1. The monoisotopic (exact) mass is 278 g/mol. The van der Waals surface area contributed by atoms with Gasteiger partial charge in [0, 0.05) is 25.7 Å². The topological polar surface area (TPSA) is 61.3 Å². The van der Waals surface area contributed by atoms with Crippen LogP contribution in [0.15, 0.2) is 12.4 Å². The van der Waals surface area contributed by atoms with Crippen molar-refractivity contribution in [3.63, 3.8) is 0 Å². The summed E-state index contributed by atoms with van der Waals surface area (Å²) < 4.78 is 0. The van der Waals surface area contributed by atoms with Crippen molar-refractivity contribution >= 4 is 5.82 Å². The highest BCUT2D eigenvalue weighted by molar-refractivity contribution is 5.30. The summed E-state index contributed by atoms with van der Waals surface area (Å²) in [4.78, 5) is 11.2. The number of nitrogens with one attached hydrogen (secondary N) is 1. The lowest BCUT2D eigenvalue weighted by Crippen LogP contribution is -2.35. The minimum atomic E-state index is 0.208. The maximum absolute atomic E-state index is 9.23. The van der Waals surface area contributed by atoms with Gasteiger partial charge < -0.3 is 10.4 Å². The zero-order valence-electron chi connectivity index (χ0n) is 12.4. The van der Waals surface area contributed by atoms with E-state index in [9.17, 15) is 5.11 Å². The van der Waals surface area contributed by atoms with Gasteiger partial charge in [-0.3, -0.25) is 9.88 Å². The highest BCUT2D eigenvalue weighted by atomic mass is 16.3. The molecule has 0 aliphatic heterocycles. The van der Waals surface area contributed by atoms with Crippen molar-refractivity contribution in [2.45, 2.75) is 51.6 Å². The molecule has 0 unspecified atom stereocenters. The second-order valence-corrected chi connectivity index (χ2v) is 5.45. The molecule has 1 aliphatic rings. The predicted molar refractivity (Wildman–Crippen MR) is 80.6 cm³/mol. The molecule has 5 nitrogen and oxygen atoms in total. The van der Waals surface area contributed by atoms with E-state index in [2.05, 4.69) is 27.1 Å². The van der Waals surface area contributed by atoms with Crippen molar-refractivity contribution in [3.05, 3.63) is 18.1 Å². The summed E-state index contributed by atoms with van der Waals surface area (Å²) >= 11 is 0. The molecule has 1 fully saturated rings. The third kappa shape index (κ3) is 4.42. The standard InChI is InChI=1S/C15H26N4O/c1-2-7-16-15-11-17-13(10-18-15)12-19(8-9-20)14-5-3-4-6-14/h10-11,14,20H,2-9,12H2,1H3,(H,16,18). The summed E-state index contributed by atoms with van der Waals surface area (Å²) in [6.45, 7) is 4.77. The molecule has 1 aliphatic carbocycles. The third-order valence-electron chi connectivity index (χ3n) is 3.85. The minimum Gasteiger partial charge on any atom is -0.395 e. The zero-order chi connectivity index (χ0) is 14.2. The Hall–Kier alpha value is -1.20. The first-order valence-electron chi connectivity index (χ1n) is 7.73. The van der Waals surface area contributed by atoms with Crippen molar-refractivity contribution < 1.29 is 5.11 Å². The molecule has 0 atom stereocenters. The molecule has 0 radical (unpaired) electrons. The molecule has 0 spiro atoms. The maximum Gasteiger partial charge on any atom is 0.144 e. The van der Waals surface area contributed by atoms with Crippen LogP contribution in [-0.2, 0) is 6.54 Å². The Morgan fingerprint density at radius 1 is 1.30 bits per heavy atom. The molecule has 112 valence electrons. The van der Waals surface area contributed by atoms with Crippen LogP contribution in [0.1, 0.15) is 44.7 Å². The SMILES string of the molecule is CCCNc1cnc(CN(CCO)C2CCCC2)cn1. The first-order chi connectivity index (χ1) is 9.83. The van der Waals surface area contributed by atoms with Crippen molar-refractivity contribution in [1.82, 2.24) is 14.9 Å². The summed E-state index contributed by atoms with van der Waals surface area (Å²) in [5.41, 5.74) is 0.979. The fourth-order valence-corrected chi connectivity index (χ4v) is 2.78. The lowest BCUT2D eigenvalue weighted by molar-refractivity contribution is 0.143. The van der Waals surface area contributed by atoms with Gasteiger partial charge in [-0.25, -0.2) is 4.98 Å². The van der Waals surface area contributed by atoms with Crippen molar-refractivity contribution in [2.24, 2.45) is 0 Å². The normalized spacial score (nSPS) is 15.9.